The molecule has 1 aromatic rings. The first-order chi connectivity index (χ1) is 10.6. The molecule has 3 amide bonds. The van der Waals surface area contributed by atoms with Gasteiger partial charge >= 0.3 is 6.03 Å². The zero-order chi connectivity index (χ0) is 15.5. The maximum Gasteiger partial charge on any atom is 0.321 e. The predicted octanol–water partition coefficient (Wildman–Crippen LogP) is 3.08. The summed E-state index contributed by atoms with van der Waals surface area (Å²) in [7, 11) is 0. The van der Waals surface area contributed by atoms with Crippen LogP contribution in [-0.2, 0) is 4.79 Å². The van der Waals surface area contributed by atoms with Crippen LogP contribution in [0.2, 0.25) is 5.02 Å². The maximum atomic E-state index is 12.3. The van der Waals surface area contributed by atoms with Crippen molar-refractivity contribution in [3.8, 4) is 5.75 Å². The van der Waals surface area contributed by atoms with Gasteiger partial charge in [-0.25, -0.2) is 4.79 Å². The summed E-state index contributed by atoms with van der Waals surface area (Å²) in [5.74, 6) is 0.292. The number of benzene rings is 1. The molecule has 118 valence electrons. The van der Waals surface area contributed by atoms with Gasteiger partial charge in [0.1, 0.15) is 5.75 Å². The summed E-state index contributed by atoms with van der Waals surface area (Å²) in [6, 6.07) is 3.09. The van der Waals surface area contributed by atoms with Crippen molar-refractivity contribution in [1.82, 2.24) is 4.90 Å². The van der Waals surface area contributed by atoms with Crippen LogP contribution in [-0.4, -0.2) is 36.5 Å². The standard InChI is InChI=1S/C15H18ClN3O3/c16-10-7-12-13(22-9-14(20)17-12)8-11(10)18-15(21)19-5-3-1-2-4-6-19/h7-8H,1-6,9H2,(H,17,20)(H,18,21). The molecule has 0 spiro atoms. The van der Waals surface area contributed by atoms with E-state index in [2.05, 4.69) is 10.6 Å². The Morgan fingerprint density at radius 1 is 1.23 bits per heavy atom. The molecule has 0 bridgehead atoms. The maximum absolute atomic E-state index is 12.3. The van der Waals surface area contributed by atoms with Gasteiger partial charge in [0.05, 0.1) is 16.4 Å². The van der Waals surface area contributed by atoms with Gasteiger partial charge in [-0.2, -0.15) is 0 Å². The molecule has 0 saturated carbocycles. The quantitative estimate of drug-likeness (QED) is 0.834. The SMILES string of the molecule is O=C1COc2cc(NC(=O)N3CCCCCC3)c(Cl)cc2N1. The van der Waals surface area contributed by atoms with E-state index < -0.39 is 0 Å². The lowest BCUT2D eigenvalue weighted by Gasteiger charge is -2.23. The number of hydrogen-bond donors (Lipinski definition) is 2. The highest BCUT2D eigenvalue weighted by Crippen LogP contribution is 2.36. The number of amides is 3. The number of carbonyl (C=O) groups excluding carboxylic acids is 2. The molecule has 2 N–H and O–H groups in total. The number of fused-ring (bicyclic) bond motifs is 1. The minimum atomic E-state index is -0.218. The van der Waals surface area contributed by atoms with E-state index in [1.165, 1.54) is 0 Å². The number of nitrogens with one attached hydrogen (secondary N) is 2. The van der Waals surface area contributed by atoms with Crippen molar-refractivity contribution < 1.29 is 14.3 Å². The van der Waals surface area contributed by atoms with Gasteiger partial charge in [-0.1, -0.05) is 24.4 Å². The summed E-state index contributed by atoms with van der Waals surface area (Å²) >= 11 is 6.18. The van der Waals surface area contributed by atoms with E-state index in [0.717, 1.165) is 38.8 Å². The first-order valence-corrected chi connectivity index (χ1v) is 7.83. The number of anilines is 2. The zero-order valence-electron chi connectivity index (χ0n) is 12.2. The van der Waals surface area contributed by atoms with Crippen LogP contribution < -0.4 is 15.4 Å². The predicted molar refractivity (Wildman–Crippen MR) is 84.6 cm³/mol. The van der Waals surface area contributed by atoms with Gasteiger partial charge in [-0.05, 0) is 18.9 Å². The lowest BCUT2D eigenvalue weighted by Crippen LogP contribution is -2.35. The van der Waals surface area contributed by atoms with E-state index >= 15 is 0 Å². The van der Waals surface area contributed by atoms with Gasteiger partial charge in [-0.15, -0.1) is 0 Å². The minimum Gasteiger partial charge on any atom is -0.482 e. The average Bonchev–Trinajstić information content (AvgIpc) is 2.77. The highest BCUT2D eigenvalue weighted by molar-refractivity contribution is 6.34. The largest absolute Gasteiger partial charge is 0.482 e. The van der Waals surface area contributed by atoms with Gasteiger partial charge in [-0.3, -0.25) is 4.79 Å². The summed E-state index contributed by atoms with van der Waals surface area (Å²) in [5.41, 5.74) is 1.01. The van der Waals surface area contributed by atoms with Crippen molar-refractivity contribution in [2.45, 2.75) is 25.7 Å². The van der Waals surface area contributed by atoms with E-state index in [0.29, 0.717) is 22.1 Å². The first kappa shape index (κ1) is 15.0. The molecular formula is C15H18ClN3O3. The van der Waals surface area contributed by atoms with Crippen LogP contribution in [0.1, 0.15) is 25.7 Å². The van der Waals surface area contributed by atoms with E-state index in [1.807, 2.05) is 4.90 Å². The Balaban J connectivity index is 1.74. The normalized spacial score (nSPS) is 17.9. The van der Waals surface area contributed by atoms with Crippen molar-refractivity contribution in [2.24, 2.45) is 0 Å². The molecule has 1 saturated heterocycles. The van der Waals surface area contributed by atoms with Crippen LogP contribution in [0, 0.1) is 0 Å². The molecule has 2 aliphatic rings. The fraction of sp³-hybridized carbons (Fsp3) is 0.467. The molecule has 0 aromatic heterocycles. The van der Waals surface area contributed by atoms with Crippen molar-refractivity contribution >= 4 is 34.9 Å². The van der Waals surface area contributed by atoms with Gasteiger partial charge in [0, 0.05) is 19.2 Å². The van der Waals surface area contributed by atoms with Gasteiger partial charge < -0.3 is 20.3 Å². The van der Waals surface area contributed by atoms with Crippen LogP contribution >= 0.6 is 11.6 Å². The number of halogens is 1. The third kappa shape index (κ3) is 3.27. The Hall–Kier alpha value is -1.95. The smallest absolute Gasteiger partial charge is 0.321 e. The van der Waals surface area contributed by atoms with Crippen LogP contribution in [0.3, 0.4) is 0 Å². The Morgan fingerprint density at radius 2 is 1.95 bits per heavy atom. The lowest BCUT2D eigenvalue weighted by atomic mass is 10.2. The third-order valence-corrected chi connectivity index (χ3v) is 4.15. The molecular weight excluding hydrogens is 306 g/mol. The number of ether oxygens (including phenoxy) is 1. The molecule has 0 unspecified atom stereocenters. The van der Waals surface area contributed by atoms with Crippen molar-refractivity contribution in [3.63, 3.8) is 0 Å². The highest BCUT2D eigenvalue weighted by atomic mass is 35.5. The van der Waals surface area contributed by atoms with Gasteiger partial charge in [0.15, 0.2) is 6.61 Å². The molecule has 2 aliphatic heterocycles. The van der Waals surface area contributed by atoms with E-state index in [1.54, 1.807) is 12.1 Å². The minimum absolute atomic E-state index is 0.0336. The van der Waals surface area contributed by atoms with Crippen molar-refractivity contribution in [2.75, 3.05) is 30.3 Å². The summed E-state index contributed by atoms with van der Waals surface area (Å²) in [6.07, 6.45) is 4.38. The van der Waals surface area contributed by atoms with Crippen LogP contribution in [0.25, 0.3) is 0 Å². The lowest BCUT2D eigenvalue weighted by molar-refractivity contribution is -0.118. The Kier molecular flexibility index (Phi) is 4.38. The summed E-state index contributed by atoms with van der Waals surface area (Å²) < 4.78 is 5.34. The number of likely N-dealkylation sites (tertiary alicyclic amines) is 1. The fourth-order valence-electron chi connectivity index (χ4n) is 2.66. The Labute approximate surface area is 133 Å². The fourth-order valence-corrected chi connectivity index (χ4v) is 2.87. The number of urea groups is 1. The summed E-state index contributed by atoms with van der Waals surface area (Å²) in [6.45, 7) is 1.50. The number of rotatable bonds is 1. The van der Waals surface area contributed by atoms with Crippen molar-refractivity contribution in [3.05, 3.63) is 17.2 Å². The molecule has 6 nitrogen and oxygen atoms in total. The van der Waals surface area contributed by atoms with E-state index in [9.17, 15) is 9.59 Å². The van der Waals surface area contributed by atoms with Crippen molar-refractivity contribution in [1.29, 1.82) is 0 Å². The molecule has 0 radical (unpaired) electrons. The van der Waals surface area contributed by atoms with Crippen LogP contribution in [0.4, 0.5) is 16.2 Å². The molecule has 0 atom stereocenters. The second kappa shape index (κ2) is 6.44. The number of nitrogens with zero attached hydrogens (tertiary/aromatic N) is 1. The van der Waals surface area contributed by atoms with E-state index in [4.69, 9.17) is 16.3 Å². The van der Waals surface area contributed by atoms with Crippen LogP contribution in [0.5, 0.6) is 5.75 Å². The van der Waals surface area contributed by atoms with Gasteiger partial charge in [0.25, 0.3) is 5.91 Å². The van der Waals surface area contributed by atoms with Gasteiger partial charge in [0.2, 0.25) is 0 Å². The molecule has 2 heterocycles. The topological polar surface area (TPSA) is 70.7 Å². The Bertz CT molecular complexity index is 598. The highest BCUT2D eigenvalue weighted by Gasteiger charge is 2.21. The monoisotopic (exact) mass is 323 g/mol. The summed E-state index contributed by atoms with van der Waals surface area (Å²) in [4.78, 5) is 25.4. The zero-order valence-corrected chi connectivity index (χ0v) is 12.9. The first-order valence-electron chi connectivity index (χ1n) is 7.45. The third-order valence-electron chi connectivity index (χ3n) is 3.84. The molecule has 1 aromatic carbocycles. The second-order valence-electron chi connectivity index (χ2n) is 5.50. The number of carbonyl (C=O) groups is 2. The average molecular weight is 324 g/mol. The molecule has 7 heteroatoms. The molecule has 1 fully saturated rings. The van der Waals surface area contributed by atoms with E-state index in [-0.39, 0.29) is 18.5 Å². The molecule has 3 rings (SSSR count). The second-order valence-corrected chi connectivity index (χ2v) is 5.90. The Morgan fingerprint density at radius 3 is 2.68 bits per heavy atom. The number of hydrogen-bond acceptors (Lipinski definition) is 3. The summed E-state index contributed by atoms with van der Waals surface area (Å²) in [5, 5.41) is 5.88. The van der Waals surface area contributed by atoms with Crippen LogP contribution in [0.15, 0.2) is 12.1 Å². The molecule has 22 heavy (non-hydrogen) atoms. The molecule has 0 aliphatic carbocycles.